The lowest BCUT2D eigenvalue weighted by Crippen LogP contribution is -2.09. The van der Waals surface area contributed by atoms with E-state index in [1.165, 1.54) is 0 Å². The monoisotopic (exact) mass is 269 g/mol. The second-order valence-electron chi connectivity index (χ2n) is 2.40. The van der Waals surface area contributed by atoms with Gasteiger partial charge in [0.05, 0.1) is 0 Å². The Kier molecular flexibility index (Phi) is 7.99. The van der Waals surface area contributed by atoms with E-state index >= 15 is 0 Å². The molecule has 0 heterocycles. The quantitative estimate of drug-likeness (QED) is 0.357. The third kappa shape index (κ3) is 31.7. The van der Waals surface area contributed by atoms with Crippen LogP contribution in [0, 0.1) is 0 Å². The van der Waals surface area contributed by atoms with E-state index in [2.05, 4.69) is 13.7 Å². The predicted molar refractivity (Wildman–Crippen MR) is 46.0 cm³/mol. The molecule has 0 aromatic heterocycles. The van der Waals surface area contributed by atoms with Crippen LogP contribution in [-0.4, -0.2) is 52.0 Å². The van der Waals surface area contributed by atoms with Gasteiger partial charge in [-0.05, 0) is 26.2 Å². The molecule has 0 fully saturated rings. The molecule has 12 heteroatoms. The molecule has 0 amide bonds. The summed E-state index contributed by atoms with van der Waals surface area (Å²) in [6.45, 7) is 0. The van der Waals surface area contributed by atoms with Crippen LogP contribution in [0.15, 0.2) is 0 Å². The van der Waals surface area contributed by atoms with Gasteiger partial charge >= 0.3 is 20.8 Å². The van der Waals surface area contributed by atoms with Crippen molar-refractivity contribution >= 4 is 20.8 Å². The molecule has 0 aliphatic rings. The van der Waals surface area contributed by atoms with Gasteiger partial charge in [-0.3, -0.25) is 9.11 Å². The van der Waals surface area contributed by atoms with E-state index in [0.717, 1.165) is 0 Å². The minimum absolute atomic E-state index is 2.00. The summed E-state index contributed by atoms with van der Waals surface area (Å²) in [7, 11) is -3.94. The first-order valence-electron chi connectivity index (χ1n) is 3.04. The molecule has 0 aromatic rings. The van der Waals surface area contributed by atoms with Gasteiger partial charge < -0.3 is 4.90 Å². The largest absolute Gasteiger partial charge is 0.426 e. The van der Waals surface area contributed by atoms with Gasteiger partial charge in [0.25, 0.3) is 0 Å². The van der Waals surface area contributed by atoms with Crippen molar-refractivity contribution in [3.8, 4) is 0 Å². The molecule has 0 bridgehead atoms. The van der Waals surface area contributed by atoms with Gasteiger partial charge in [-0.25, -0.2) is 0 Å². The Hall–Kier alpha value is -0.340. The fourth-order valence-electron chi connectivity index (χ4n) is 0.0815. The molecule has 2 N–H and O–H groups in total. The lowest BCUT2D eigenvalue weighted by atomic mass is 11.0. The molecule has 0 rings (SSSR count). The van der Waals surface area contributed by atoms with Gasteiger partial charge in [-0.1, -0.05) is 8.67 Å². The lowest BCUT2D eigenvalue weighted by Gasteiger charge is -1.93. The first kappa shape index (κ1) is 17.1. The molecule has 0 spiro atoms. The Morgan fingerprint density at radius 1 is 0.867 bits per heavy atom. The summed E-state index contributed by atoms with van der Waals surface area (Å²) < 4.78 is 59.4. The smallest absolute Gasteiger partial charge is 0.312 e. The number of hydrogen-bond acceptors (Lipinski definition) is 8. The summed E-state index contributed by atoms with van der Waals surface area (Å²) in [5.41, 5.74) is 0. The average molecular weight is 269 g/mol. The first-order valence-corrected chi connectivity index (χ1v) is 5.77. The topological polar surface area (TPSA) is 140 Å². The van der Waals surface area contributed by atoms with Crippen LogP contribution in [0.4, 0.5) is 0 Å². The molecular formula is C3H11NO9S2. The molecule has 0 unspecified atom stereocenters. The predicted octanol–water partition coefficient (Wildman–Crippen LogP) is -1.35. The van der Waals surface area contributed by atoms with Crippen LogP contribution in [0.1, 0.15) is 0 Å². The third-order valence-electron chi connectivity index (χ3n) is 0.228. The normalized spacial score (nSPS) is 12.1. The van der Waals surface area contributed by atoms with Crippen molar-refractivity contribution in [3.05, 3.63) is 0 Å². The molecule has 94 valence electrons. The lowest BCUT2D eigenvalue weighted by molar-refractivity contribution is -0.412. The Morgan fingerprint density at radius 2 is 1.07 bits per heavy atom. The zero-order valence-electron chi connectivity index (χ0n) is 8.02. The van der Waals surface area contributed by atoms with Crippen molar-refractivity contribution < 1.29 is 39.6 Å². The molecule has 0 saturated carbocycles. The Bertz CT molecular complexity index is 307. The van der Waals surface area contributed by atoms with Crippen LogP contribution < -0.4 is 0 Å². The summed E-state index contributed by atoms with van der Waals surface area (Å²) in [5, 5.41) is 2.89. The summed E-state index contributed by atoms with van der Waals surface area (Å²) in [5.74, 6) is 0. The molecular weight excluding hydrogens is 258 g/mol. The number of rotatable bonds is 4. The third-order valence-corrected chi connectivity index (χ3v) is 0.683. The second-order valence-corrected chi connectivity index (χ2v) is 4.38. The fraction of sp³-hybridized carbons (Fsp3) is 1.00. The Balaban J connectivity index is 0. The van der Waals surface area contributed by atoms with Gasteiger partial charge in [0.2, 0.25) is 0 Å². The van der Waals surface area contributed by atoms with Crippen molar-refractivity contribution in [2.45, 2.75) is 0 Å². The minimum Gasteiger partial charge on any atom is -0.312 e. The molecule has 0 aromatic carbocycles. The highest BCUT2D eigenvalue weighted by Gasteiger charge is 2.11. The highest BCUT2D eigenvalue weighted by atomic mass is 32.3. The van der Waals surface area contributed by atoms with E-state index in [1.54, 1.807) is 0 Å². The minimum atomic E-state index is -4.97. The van der Waals surface area contributed by atoms with E-state index in [-0.39, 0.29) is 0 Å². The van der Waals surface area contributed by atoms with Crippen molar-refractivity contribution in [2.24, 2.45) is 0 Å². The summed E-state index contributed by atoms with van der Waals surface area (Å²) in [6, 6.07) is 0. The van der Waals surface area contributed by atoms with Gasteiger partial charge in [0.1, 0.15) is 0 Å². The van der Waals surface area contributed by atoms with Gasteiger partial charge in [0, 0.05) is 0 Å². The van der Waals surface area contributed by atoms with Crippen LogP contribution in [-0.2, 0) is 34.5 Å². The van der Waals surface area contributed by atoms with Crippen LogP contribution in [0.3, 0.4) is 0 Å². The van der Waals surface area contributed by atoms with Crippen LogP contribution >= 0.6 is 0 Å². The summed E-state index contributed by atoms with van der Waals surface area (Å²) in [6.07, 6.45) is 0. The van der Waals surface area contributed by atoms with E-state index in [4.69, 9.17) is 9.11 Å². The zero-order valence-corrected chi connectivity index (χ0v) is 9.65. The zero-order chi connectivity index (χ0) is 12.7. The maximum absolute atomic E-state index is 9.57. The second kappa shape index (κ2) is 7.02. The molecule has 0 aliphatic carbocycles. The van der Waals surface area contributed by atoms with E-state index in [0.29, 0.717) is 0 Å². The molecule has 15 heavy (non-hydrogen) atoms. The van der Waals surface area contributed by atoms with Crippen molar-refractivity contribution in [1.82, 2.24) is 4.90 Å². The molecule has 0 saturated heterocycles. The van der Waals surface area contributed by atoms with Crippen LogP contribution in [0.5, 0.6) is 0 Å². The maximum Gasteiger partial charge on any atom is 0.426 e. The van der Waals surface area contributed by atoms with Gasteiger partial charge in [-0.15, -0.1) is 0 Å². The summed E-state index contributed by atoms with van der Waals surface area (Å²) >= 11 is 0. The van der Waals surface area contributed by atoms with Gasteiger partial charge in [0.15, 0.2) is 0 Å². The molecule has 0 radical (unpaired) electrons. The van der Waals surface area contributed by atoms with Crippen molar-refractivity contribution in [1.29, 1.82) is 0 Å². The highest BCUT2D eigenvalue weighted by molar-refractivity contribution is 7.81. The fourth-order valence-corrected chi connectivity index (χ4v) is 0.313. The Morgan fingerprint density at radius 3 is 1.20 bits per heavy atom. The van der Waals surface area contributed by atoms with Crippen LogP contribution in [0.25, 0.3) is 0 Å². The number of nitrogens with zero attached hydrogens (tertiary/aromatic N) is 1. The number of hydrogen-bond donors (Lipinski definition) is 2. The highest BCUT2D eigenvalue weighted by Crippen LogP contribution is 1.92. The maximum atomic E-state index is 9.57. The SMILES string of the molecule is CN(C)C.O=S(=O)(O)OOOS(=O)(=O)O. The molecule has 10 nitrogen and oxygen atoms in total. The van der Waals surface area contributed by atoms with Gasteiger partial charge in [-0.2, -0.15) is 16.8 Å². The molecule has 0 aliphatic heterocycles. The van der Waals surface area contributed by atoms with Crippen molar-refractivity contribution in [3.63, 3.8) is 0 Å². The van der Waals surface area contributed by atoms with E-state index in [9.17, 15) is 16.8 Å². The van der Waals surface area contributed by atoms with Crippen molar-refractivity contribution in [2.75, 3.05) is 21.1 Å². The van der Waals surface area contributed by atoms with E-state index < -0.39 is 20.8 Å². The Labute approximate surface area is 87.1 Å². The average Bonchev–Trinajstić information content (AvgIpc) is 1.77. The molecule has 0 atom stereocenters. The van der Waals surface area contributed by atoms with E-state index in [1.807, 2.05) is 26.0 Å². The van der Waals surface area contributed by atoms with Crippen LogP contribution in [0.2, 0.25) is 0 Å². The first-order chi connectivity index (χ1) is 6.44. The standard InChI is InChI=1S/C3H9N.H2O9S2/c1-4(2)3;1-10(2,3)8-7-9-11(4,5)6/h1-3H3;(H,1,2,3)(H,4,5,6). The summed E-state index contributed by atoms with van der Waals surface area (Å²) in [4.78, 5) is 2.00.